The summed E-state index contributed by atoms with van der Waals surface area (Å²) in [5.74, 6) is -1.62. The number of hydrogen-bond acceptors (Lipinski definition) is 6. The van der Waals surface area contributed by atoms with E-state index in [0.29, 0.717) is 31.7 Å². The van der Waals surface area contributed by atoms with Crippen molar-refractivity contribution in [2.24, 2.45) is 5.73 Å². The fourth-order valence-electron chi connectivity index (χ4n) is 3.71. The predicted molar refractivity (Wildman–Crippen MR) is 119 cm³/mol. The Labute approximate surface area is 186 Å². The first-order valence-electron chi connectivity index (χ1n) is 10.5. The third-order valence-electron chi connectivity index (χ3n) is 5.45. The molecule has 1 fully saturated rings. The number of nitrogens with one attached hydrogen (secondary N) is 1. The lowest BCUT2D eigenvalue weighted by Crippen LogP contribution is -2.55. The van der Waals surface area contributed by atoms with E-state index in [4.69, 9.17) is 5.73 Å². The van der Waals surface area contributed by atoms with Crippen LogP contribution in [0.5, 0.6) is 11.5 Å². The lowest BCUT2D eigenvalue weighted by molar-refractivity contribution is -0.137. The van der Waals surface area contributed by atoms with Gasteiger partial charge in [-0.25, -0.2) is 0 Å². The van der Waals surface area contributed by atoms with Gasteiger partial charge in [-0.3, -0.25) is 14.4 Å². The summed E-state index contributed by atoms with van der Waals surface area (Å²) in [5, 5.41) is 22.0. The number of nitrogens with two attached hydrogens (primary N) is 1. The molecular weight excluding hydrogens is 412 g/mol. The molecule has 5 N–H and O–H groups in total. The fourth-order valence-corrected chi connectivity index (χ4v) is 3.71. The number of phenols is 2. The van der Waals surface area contributed by atoms with Crippen LogP contribution in [-0.4, -0.2) is 65.1 Å². The van der Waals surface area contributed by atoms with Crippen molar-refractivity contribution in [1.82, 2.24) is 10.2 Å². The largest absolute Gasteiger partial charge is 0.508 e. The number of benzene rings is 2. The van der Waals surface area contributed by atoms with Crippen LogP contribution in [0.3, 0.4) is 0 Å². The van der Waals surface area contributed by atoms with Gasteiger partial charge in [-0.05, 0) is 24.6 Å². The summed E-state index contributed by atoms with van der Waals surface area (Å²) >= 11 is 0. The van der Waals surface area contributed by atoms with E-state index in [1.165, 1.54) is 12.1 Å². The Balaban J connectivity index is 1.62. The molecule has 0 aliphatic carbocycles. The molecule has 3 rings (SSSR count). The molecule has 1 saturated heterocycles. The molecule has 0 saturated carbocycles. The van der Waals surface area contributed by atoms with E-state index in [2.05, 4.69) is 10.2 Å². The maximum absolute atomic E-state index is 13.1. The Hall–Kier alpha value is -3.75. The van der Waals surface area contributed by atoms with Crippen molar-refractivity contribution in [2.45, 2.75) is 25.3 Å². The van der Waals surface area contributed by atoms with Gasteiger partial charge in [-0.15, -0.1) is 0 Å². The standard InChI is InChI=1S/C23H28N4O5/c24-21(30)9-8-19(25-22(31)14-16-6-7-18(28)15-20(16)29)23(32)27-12-10-26(11-13-27)17-4-2-1-3-5-17/h1-7,15,19,28-29H,8-14H2,(H2,24,30)(H,25,31)/t19-/m0/s1. The van der Waals surface area contributed by atoms with Gasteiger partial charge in [-0.2, -0.15) is 0 Å². The first-order chi connectivity index (χ1) is 15.3. The number of para-hydroxylation sites is 1. The average molecular weight is 441 g/mol. The Morgan fingerprint density at radius 2 is 1.69 bits per heavy atom. The van der Waals surface area contributed by atoms with Gasteiger partial charge in [-0.1, -0.05) is 24.3 Å². The van der Waals surface area contributed by atoms with Crippen LogP contribution >= 0.6 is 0 Å². The predicted octanol–water partition coefficient (Wildman–Crippen LogP) is 0.739. The van der Waals surface area contributed by atoms with Crippen LogP contribution in [-0.2, 0) is 20.8 Å². The molecule has 1 aliphatic rings. The van der Waals surface area contributed by atoms with E-state index in [1.54, 1.807) is 4.90 Å². The highest BCUT2D eigenvalue weighted by atomic mass is 16.3. The minimum absolute atomic E-state index is 0.0366. The SMILES string of the molecule is NC(=O)CC[C@H](NC(=O)Cc1ccc(O)cc1O)C(=O)N1CCN(c2ccccc2)CC1. The minimum atomic E-state index is -0.891. The van der Waals surface area contributed by atoms with Gasteiger partial charge < -0.3 is 31.1 Å². The van der Waals surface area contributed by atoms with Crippen molar-refractivity contribution < 1.29 is 24.6 Å². The Morgan fingerprint density at radius 1 is 1.00 bits per heavy atom. The van der Waals surface area contributed by atoms with Gasteiger partial charge in [0.2, 0.25) is 17.7 Å². The van der Waals surface area contributed by atoms with Crippen LogP contribution in [0.4, 0.5) is 5.69 Å². The number of carbonyl (C=O) groups excluding carboxylic acids is 3. The van der Waals surface area contributed by atoms with Gasteiger partial charge in [0, 0.05) is 49.9 Å². The van der Waals surface area contributed by atoms with Crippen LogP contribution in [0.1, 0.15) is 18.4 Å². The number of anilines is 1. The molecule has 1 heterocycles. The van der Waals surface area contributed by atoms with Crippen molar-refractivity contribution in [3.63, 3.8) is 0 Å². The molecule has 0 bridgehead atoms. The smallest absolute Gasteiger partial charge is 0.245 e. The Morgan fingerprint density at radius 3 is 2.31 bits per heavy atom. The van der Waals surface area contributed by atoms with Crippen LogP contribution in [0.25, 0.3) is 0 Å². The zero-order valence-electron chi connectivity index (χ0n) is 17.7. The second-order valence-electron chi connectivity index (χ2n) is 7.76. The maximum Gasteiger partial charge on any atom is 0.245 e. The fraction of sp³-hybridized carbons (Fsp3) is 0.348. The van der Waals surface area contributed by atoms with Crippen molar-refractivity contribution in [1.29, 1.82) is 0 Å². The van der Waals surface area contributed by atoms with E-state index in [1.807, 2.05) is 30.3 Å². The van der Waals surface area contributed by atoms with E-state index < -0.39 is 17.9 Å². The quantitative estimate of drug-likeness (QED) is 0.478. The van der Waals surface area contributed by atoms with Crippen molar-refractivity contribution in [3.05, 3.63) is 54.1 Å². The van der Waals surface area contributed by atoms with Gasteiger partial charge in [0.1, 0.15) is 17.5 Å². The number of amides is 3. The van der Waals surface area contributed by atoms with Gasteiger partial charge in [0.05, 0.1) is 6.42 Å². The van der Waals surface area contributed by atoms with Crippen molar-refractivity contribution in [2.75, 3.05) is 31.1 Å². The first kappa shape index (κ1) is 22.9. The van der Waals surface area contributed by atoms with Crippen molar-refractivity contribution >= 4 is 23.4 Å². The van der Waals surface area contributed by atoms with E-state index >= 15 is 0 Å². The third kappa shape index (κ3) is 6.13. The monoisotopic (exact) mass is 440 g/mol. The van der Waals surface area contributed by atoms with Gasteiger partial charge in [0.25, 0.3) is 0 Å². The molecular formula is C23H28N4O5. The molecule has 2 aromatic rings. The van der Waals surface area contributed by atoms with E-state index in [-0.39, 0.29) is 36.7 Å². The number of piperazine rings is 1. The molecule has 3 amide bonds. The molecule has 32 heavy (non-hydrogen) atoms. The first-order valence-corrected chi connectivity index (χ1v) is 10.5. The summed E-state index contributed by atoms with van der Waals surface area (Å²) in [6.45, 7) is 2.31. The number of aromatic hydroxyl groups is 2. The Bertz CT molecular complexity index is 958. The van der Waals surface area contributed by atoms with Gasteiger partial charge in [0.15, 0.2) is 0 Å². The second kappa shape index (κ2) is 10.5. The summed E-state index contributed by atoms with van der Waals surface area (Å²) in [6, 6.07) is 13.0. The summed E-state index contributed by atoms with van der Waals surface area (Å²) < 4.78 is 0. The molecule has 170 valence electrons. The number of hydrogen-bond donors (Lipinski definition) is 4. The molecule has 0 spiro atoms. The molecule has 1 aliphatic heterocycles. The zero-order chi connectivity index (χ0) is 23.1. The highest BCUT2D eigenvalue weighted by molar-refractivity contribution is 5.89. The number of rotatable bonds is 8. The highest BCUT2D eigenvalue weighted by Gasteiger charge is 2.29. The lowest BCUT2D eigenvalue weighted by atomic mass is 10.1. The summed E-state index contributed by atoms with van der Waals surface area (Å²) in [5.41, 5.74) is 6.66. The number of phenolic OH excluding ortho intramolecular Hbond substituents is 2. The molecule has 9 heteroatoms. The van der Waals surface area contributed by atoms with Crippen LogP contribution < -0.4 is 16.0 Å². The van der Waals surface area contributed by atoms with E-state index in [9.17, 15) is 24.6 Å². The highest BCUT2D eigenvalue weighted by Crippen LogP contribution is 2.23. The van der Waals surface area contributed by atoms with Crippen LogP contribution in [0.15, 0.2) is 48.5 Å². The maximum atomic E-state index is 13.1. The summed E-state index contributed by atoms with van der Waals surface area (Å²) in [7, 11) is 0. The molecule has 0 radical (unpaired) electrons. The number of primary amides is 1. The van der Waals surface area contributed by atoms with Crippen LogP contribution in [0.2, 0.25) is 0 Å². The molecule has 0 unspecified atom stereocenters. The van der Waals surface area contributed by atoms with E-state index in [0.717, 1.165) is 11.8 Å². The second-order valence-corrected chi connectivity index (χ2v) is 7.76. The molecule has 2 aromatic carbocycles. The number of carbonyl (C=O) groups is 3. The molecule has 1 atom stereocenters. The average Bonchev–Trinajstić information content (AvgIpc) is 2.78. The van der Waals surface area contributed by atoms with Crippen molar-refractivity contribution in [3.8, 4) is 11.5 Å². The summed E-state index contributed by atoms with van der Waals surface area (Å²) in [6.07, 6.45) is -0.111. The Kier molecular flexibility index (Phi) is 7.54. The minimum Gasteiger partial charge on any atom is -0.508 e. The topological polar surface area (TPSA) is 136 Å². The molecule has 9 nitrogen and oxygen atoms in total. The lowest BCUT2D eigenvalue weighted by Gasteiger charge is -2.37. The molecule has 0 aromatic heterocycles. The number of nitrogens with zero attached hydrogens (tertiary/aromatic N) is 2. The van der Waals surface area contributed by atoms with Crippen LogP contribution in [0, 0.1) is 0 Å². The van der Waals surface area contributed by atoms with Gasteiger partial charge >= 0.3 is 0 Å². The zero-order valence-corrected chi connectivity index (χ0v) is 17.7. The summed E-state index contributed by atoms with van der Waals surface area (Å²) in [4.78, 5) is 40.8. The normalized spacial score (nSPS) is 14.6. The third-order valence-corrected chi connectivity index (χ3v) is 5.45.